The Hall–Kier alpha value is -2.81. The summed E-state index contributed by atoms with van der Waals surface area (Å²) in [6.07, 6.45) is 1.77. The van der Waals surface area contributed by atoms with Crippen LogP contribution in [0.15, 0.2) is 60.7 Å². The Kier molecular flexibility index (Phi) is 9.45. The maximum absolute atomic E-state index is 13.8. The minimum Gasteiger partial charge on any atom is -0.352 e. The Labute approximate surface area is 228 Å². The van der Waals surface area contributed by atoms with Crippen molar-refractivity contribution in [2.24, 2.45) is 0 Å². The van der Waals surface area contributed by atoms with Gasteiger partial charge in [0, 0.05) is 33.6 Å². The molecular weight excluding hydrogens is 533 g/mol. The molecule has 0 heterocycles. The van der Waals surface area contributed by atoms with Gasteiger partial charge >= 0.3 is 0 Å². The Morgan fingerprint density at radius 2 is 1.54 bits per heavy atom. The van der Waals surface area contributed by atoms with E-state index in [4.69, 9.17) is 23.2 Å². The smallest absolute Gasteiger partial charge is 0.244 e. The van der Waals surface area contributed by atoms with Gasteiger partial charge in [-0.15, -0.1) is 0 Å². The first-order valence-electron chi connectivity index (χ1n) is 11.9. The first kappa shape index (κ1) is 28.8. The molecule has 0 radical (unpaired) electrons. The number of benzene rings is 3. The molecule has 198 valence electrons. The van der Waals surface area contributed by atoms with Crippen molar-refractivity contribution in [2.45, 2.75) is 45.8 Å². The van der Waals surface area contributed by atoms with Crippen LogP contribution in [0.4, 0.5) is 5.69 Å². The largest absolute Gasteiger partial charge is 0.352 e. The number of carbonyl (C=O) groups is 2. The minimum atomic E-state index is -3.86. The second-order valence-electron chi connectivity index (χ2n) is 8.98. The monoisotopic (exact) mass is 563 g/mol. The highest BCUT2D eigenvalue weighted by Crippen LogP contribution is 2.30. The molecule has 0 saturated carbocycles. The zero-order valence-corrected chi connectivity index (χ0v) is 23.6. The molecule has 0 bridgehead atoms. The van der Waals surface area contributed by atoms with Gasteiger partial charge in [0.2, 0.25) is 21.8 Å². The van der Waals surface area contributed by atoms with E-state index in [1.54, 1.807) is 49.4 Å². The lowest BCUT2D eigenvalue weighted by Crippen LogP contribution is -2.52. The summed E-state index contributed by atoms with van der Waals surface area (Å²) in [6.45, 7) is 4.84. The highest BCUT2D eigenvalue weighted by molar-refractivity contribution is 7.92. The van der Waals surface area contributed by atoms with Gasteiger partial charge in [0.05, 0.1) is 11.9 Å². The third-order valence-electron chi connectivity index (χ3n) is 6.27. The fourth-order valence-corrected chi connectivity index (χ4v) is 5.30. The van der Waals surface area contributed by atoms with Crippen LogP contribution in [0.5, 0.6) is 0 Å². The van der Waals surface area contributed by atoms with E-state index in [-0.39, 0.29) is 18.5 Å². The van der Waals surface area contributed by atoms with Crippen LogP contribution in [0.1, 0.15) is 32.8 Å². The lowest BCUT2D eigenvalue weighted by atomic mass is 10.1. The zero-order valence-electron chi connectivity index (χ0n) is 21.2. The molecule has 2 atom stereocenters. The number of hydrogen-bond acceptors (Lipinski definition) is 4. The van der Waals surface area contributed by atoms with Crippen molar-refractivity contribution in [1.29, 1.82) is 0 Å². The molecule has 0 aliphatic rings. The molecule has 0 fully saturated rings. The van der Waals surface area contributed by atoms with Gasteiger partial charge in [-0.2, -0.15) is 0 Å². The molecule has 3 aromatic carbocycles. The lowest BCUT2D eigenvalue weighted by Gasteiger charge is -2.32. The quantitative estimate of drug-likeness (QED) is 0.365. The Morgan fingerprint density at radius 1 is 0.946 bits per heavy atom. The average molecular weight is 565 g/mol. The van der Waals surface area contributed by atoms with Crippen LogP contribution >= 0.6 is 23.2 Å². The van der Waals surface area contributed by atoms with Crippen LogP contribution < -0.4 is 9.62 Å². The van der Waals surface area contributed by atoms with Crippen molar-refractivity contribution < 1.29 is 18.0 Å². The van der Waals surface area contributed by atoms with Crippen LogP contribution in [0, 0.1) is 0 Å². The standard InChI is InChI=1S/C27H31Cl2N3O4S/c1-5-18(2)30-27(34)19(3)31(16-22-23(28)13-9-14-24(22)29)26(33)17-32(37(4,35)36)25-15-8-11-20-10-6-7-12-21(20)25/h6-15,18-19H,5,16-17H2,1-4H3,(H,30,34)/t18-,19-/m0/s1. The number of sulfonamides is 1. The van der Waals surface area contributed by atoms with Crippen molar-refractivity contribution in [3.05, 3.63) is 76.3 Å². The van der Waals surface area contributed by atoms with Crippen LogP contribution in [0.2, 0.25) is 10.0 Å². The van der Waals surface area contributed by atoms with Gasteiger partial charge in [-0.1, -0.05) is 72.6 Å². The summed E-state index contributed by atoms with van der Waals surface area (Å²) < 4.78 is 26.9. The number of hydrogen-bond donors (Lipinski definition) is 1. The highest BCUT2D eigenvalue weighted by atomic mass is 35.5. The van der Waals surface area contributed by atoms with Gasteiger partial charge in [-0.05, 0) is 43.9 Å². The maximum Gasteiger partial charge on any atom is 0.244 e. The molecule has 7 nitrogen and oxygen atoms in total. The van der Waals surface area contributed by atoms with E-state index in [2.05, 4.69) is 5.32 Å². The number of halogens is 2. The van der Waals surface area contributed by atoms with E-state index in [0.29, 0.717) is 33.1 Å². The van der Waals surface area contributed by atoms with Gasteiger partial charge in [0.25, 0.3) is 0 Å². The molecule has 10 heteroatoms. The molecule has 37 heavy (non-hydrogen) atoms. The van der Waals surface area contributed by atoms with Crippen molar-refractivity contribution in [3.8, 4) is 0 Å². The molecule has 0 aliphatic heterocycles. The van der Waals surface area contributed by atoms with E-state index >= 15 is 0 Å². The number of nitrogens with zero attached hydrogens (tertiary/aromatic N) is 2. The van der Waals surface area contributed by atoms with Crippen molar-refractivity contribution in [3.63, 3.8) is 0 Å². The van der Waals surface area contributed by atoms with E-state index in [1.807, 2.05) is 32.0 Å². The summed E-state index contributed by atoms with van der Waals surface area (Å²) in [4.78, 5) is 28.1. The SMILES string of the molecule is CC[C@H](C)NC(=O)[C@H](C)N(Cc1c(Cl)cccc1Cl)C(=O)CN(c1cccc2ccccc12)S(C)(=O)=O. The summed E-state index contributed by atoms with van der Waals surface area (Å²) in [6, 6.07) is 16.6. The van der Waals surface area contributed by atoms with Gasteiger partial charge in [0.15, 0.2) is 0 Å². The van der Waals surface area contributed by atoms with E-state index < -0.39 is 28.5 Å². The third kappa shape index (κ3) is 6.94. The molecule has 0 spiro atoms. The normalized spacial score (nSPS) is 13.1. The molecule has 0 saturated heterocycles. The average Bonchev–Trinajstić information content (AvgIpc) is 2.85. The first-order chi connectivity index (χ1) is 17.4. The zero-order chi connectivity index (χ0) is 27.3. The van der Waals surface area contributed by atoms with Crippen molar-refractivity contribution >= 4 is 61.5 Å². The number of anilines is 1. The molecule has 3 rings (SSSR count). The minimum absolute atomic E-state index is 0.0699. The predicted molar refractivity (Wildman–Crippen MR) is 151 cm³/mol. The summed E-state index contributed by atoms with van der Waals surface area (Å²) in [7, 11) is -3.86. The Morgan fingerprint density at radius 3 is 2.16 bits per heavy atom. The lowest BCUT2D eigenvalue weighted by molar-refractivity contribution is -0.139. The van der Waals surface area contributed by atoms with Gasteiger partial charge in [0.1, 0.15) is 12.6 Å². The van der Waals surface area contributed by atoms with E-state index in [9.17, 15) is 18.0 Å². The number of carbonyl (C=O) groups excluding carboxylic acids is 2. The molecule has 3 aromatic rings. The molecule has 1 N–H and O–H groups in total. The van der Waals surface area contributed by atoms with Gasteiger partial charge in [-0.3, -0.25) is 13.9 Å². The second-order valence-corrected chi connectivity index (χ2v) is 11.7. The molecular formula is C27H31Cl2N3O4S. The van der Waals surface area contributed by atoms with Crippen LogP contribution in [0.25, 0.3) is 10.8 Å². The number of rotatable bonds is 10. The van der Waals surface area contributed by atoms with Crippen LogP contribution in [-0.4, -0.2) is 50.0 Å². The van der Waals surface area contributed by atoms with E-state index in [0.717, 1.165) is 15.9 Å². The van der Waals surface area contributed by atoms with Crippen molar-refractivity contribution in [1.82, 2.24) is 10.2 Å². The van der Waals surface area contributed by atoms with Crippen LogP contribution in [0.3, 0.4) is 0 Å². The summed E-state index contributed by atoms with van der Waals surface area (Å²) >= 11 is 12.8. The summed E-state index contributed by atoms with van der Waals surface area (Å²) in [5, 5.41) is 5.09. The van der Waals surface area contributed by atoms with Gasteiger partial charge < -0.3 is 10.2 Å². The molecule has 0 aliphatic carbocycles. The molecule has 0 unspecified atom stereocenters. The maximum atomic E-state index is 13.8. The van der Waals surface area contributed by atoms with Crippen molar-refractivity contribution in [2.75, 3.05) is 17.1 Å². The first-order valence-corrected chi connectivity index (χ1v) is 14.5. The van der Waals surface area contributed by atoms with Gasteiger partial charge in [-0.25, -0.2) is 8.42 Å². The van der Waals surface area contributed by atoms with E-state index in [1.165, 1.54) is 4.90 Å². The number of amides is 2. The molecule has 0 aromatic heterocycles. The number of fused-ring (bicyclic) bond motifs is 1. The predicted octanol–water partition coefficient (Wildman–Crippen LogP) is 5.24. The molecule has 2 amide bonds. The Bertz CT molecular complexity index is 1370. The highest BCUT2D eigenvalue weighted by Gasteiger charge is 2.31. The fraction of sp³-hybridized carbons (Fsp3) is 0.333. The topological polar surface area (TPSA) is 86.8 Å². The summed E-state index contributed by atoms with van der Waals surface area (Å²) in [5.41, 5.74) is 0.847. The number of nitrogens with one attached hydrogen (secondary N) is 1. The third-order valence-corrected chi connectivity index (χ3v) is 8.11. The summed E-state index contributed by atoms with van der Waals surface area (Å²) in [5.74, 6) is -0.928. The van der Waals surface area contributed by atoms with Crippen LogP contribution in [-0.2, 0) is 26.2 Å². The second kappa shape index (κ2) is 12.2. The Balaban J connectivity index is 2.03. The fourth-order valence-electron chi connectivity index (χ4n) is 3.92.